The number of hydrogen-bond donors (Lipinski definition) is 2. The Hall–Kier alpha value is -0.970. The summed E-state index contributed by atoms with van der Waals surface area (Å²) < 4.78 is 4.59. The maximum atomic E-state index is 10.3. The summed E-state index contributed by atoms with van der Waals surface area (Å²) in [6.07, 6.45) is -0.218. The fourth-order valence-corrected chi connectivity index (χ4v) is 1.43. The van der Waals surface area contributed by atoms with Gasteiger partial charge in [0.05, 0.1) is 0 Å². The highest BCUT2D eigenvalue weighted by Crippen LogP contribution is 2.11. The van der Waals surface area contributed by atoms with Crippen molar-refractivity contribution < 1.29 is 9.53 Å². The molecule has 1 aromatic carbocycles. The van der Waals surface area contributed by atoms with Gasteiger partial charge in [-0.25, -0.2) is 4.79 Å². The predicted octanol–water partition coefficient (Wildman–Crippen LogP) is 1.73. The molecule has 0 aromatic heterocycles. The molecule has 1 amide bonds. The van der Waals surface area contributed by atoms with Crippen molar-refractivity contribution in [2.45, 2.75) is 12.5 Å². The average Bonchev–Trinajstić information content (AvgIpc) is 2.15. The lowest BCUT2D eigenvalue weighted by atomic mass is 10.1. The Morgan fingerprint density at radius 2 is 2.19 bits per heavy atom. The van der Waals surface area contributed by atoms with Crippen LogP contribution >= 0.6 is 24.0 Å². The van der Waals surface area contributed by atoms with Gasteiger partial charge in [0.15, 0.2) is 0 Å². The van der Waals surface area contributed by atoms with Gasteiger partial charge in [-0.1, -0.05) is 23.7 Å². The monoisotopic (exact) mass is 264 g/mol. The largest absolute Gasteiger partial charge is 0.448 e. The van der Waals surface area contributed by atoms with E-state index in [1.54, 1.807) is 6.07 Å². The first-order valence-electron chi connectivity index (χ1n) is 4.50. The van der Waals surface area contributed by atoms with E-state index in [9.17, 15) is 4.79 Å². The number of hydrogen-bond acceptors (Lipinski definition) is 3. The highest BCUT2D eigenvalue weighted by atomic mass is 35.5. The fourth-order valence-electron chi connectivity index (χ4n) is 1.21. The summed E-state index contributed by atoms with van der Waals surface area (Å²) in [5.41, 5.74) is 11.6. The molecule has 0 saturated heterocycles. The summed E-state index contributed by atoms with van der Waals surface area (Å²) in [6.45, 7) is 0.113. The molecule has 1 rings (SSSR count). The maximum absolute atomic E-state index is 10.3. The number of primary amides is 1. The van der Waals surface area contributed by atoms with Gasteiger partial charge in [-0.05, 0) is 24.1 Å². The Morgan fingerprint density at radius 1 is 1.50 bits per heavy atom. The average molecular weight is 265 g/mol. The summed E-state index contributed by atoms with van der Waals surface area (Å²) in [5.74, 6) is 0. The van der Waals surface area contributed by atoms with Gasteiger partial charge >= 0.3 is 6.09 Å². The van der Waals surface area contributed by atoms with Crippen molar-refractivity contribution >= 4 is 30.1 Å². The smallest absolute Gasteiger partial charge is 0.404 e. The first-order chi connectivity index (χ1) is 7.08. The zero-order valence-corrected chi connectivity index (χ0v) is 10.1. The molecule has 0 aliphatic heterocycles. The molecule has 4 nitrogen and oxygen atoms in total. The number of halogens is 2. The summed E-state index contributed by atoms with van der Waals surface area (Å²) in [4.78, 5) is 10.3. The molecule has 0 bridgehead atoms. The van der Waals surface area contributed by atoms with Crippen molar-refractivity contribution in [2.75, 3.05) is 6.61 Å². The molecule has 90 valence electrons. The summed E-state index contributed by atoms with van der Waals surface area (Å²) >= 11 is 5.81. The third-order valence-electron chi connectivity index (χ3n) is 1.83. The van der Waals surface area contributed by atoms with Gasteiger partial charge in [0.25, 0.3) is 0 Å². The second-order valence-corrected chi connectivity index (χ2v) is 3.66. The Kier molecular flexibility index (Phi) is 6.88. The van der Waals surface area contributed by atoms with Crippen LogP contribution in [0.5, 0.6) is 0 Å². The Labute approximate surface area is 105 Å². The first kappa shape index (κ1) is 15.0. The molecule has 16 heavy (non-hydrogen) atoms. The van der Waals surface area contributed by atoms with Crippen LogP contribution in [0.15, 0.2) is 24.3 Å². The molecule has 1 aromatic rings. The minimum absolute atomic E-state index is 0. The van der Waals surface area contributed by atoms with Crippen LogP contribution in [-0.4, -0.2) is 18.7 Å². The van der Waals surface area contributed by atoms with Gasteiger partial charge in [-0.3, -0.25) is 0 Å². The highest BCUT2D eigenvalue weighted by molar-refractivity contribution is 6.30. The molecule has 4 N–H and O–H groups in total. The molecule has 0 fully saturated rings. The van der Waals surface area contributed by atoms with E-state index in [0.29, 0.717) is 11.4 Å². The Balaban J connectivity index is 0.00000225. The SMILES string of the molecule is Cl.NC(=O)OC[C@@H](N)Cc1cccc(Cl)c1. The van der Waals surface area contributed by atoms with Crippen LogP contribution in [0, 0.1) is 0 Å². The molecule has 0 aliphatic rings. The molecule has 0 unspecified atom stereocenters. The third kappa shape index (κ3) is 5.80. The summed E-state index contributed by atoms with van der Waals surface area (Å²) in [5, 5.41) is 0.663. The van der Waals surface area contributed by atoms with Crippen LogP contribution in [-0.2, 0) is 11.2 Å². The Bertz CT molecular complexity index is 347. The van der Waals surface area contributed by atoms with Crippen LogP contribution in [0.4, 0.5) is 4.79 Å². The quantitative estimate of drug-likeness (QED) is 0.870. The summed E-state index contributed by atoms with van der Waals surface area (Å²) in [6, 6.07) is 7.10. The van der Waals surface area contributed by atoms with E-state index in [-0.39, 0.29) is 25.1 Å². The van der Waals surface area contributed by atoms with E-state index >= 15 is 0 Å². The van der Waals surface area contributed by atoms with Crippen molar-refractivity contribution in [3.05, 3.63) is 34.9 Å². The minimum Gasteiger partial charge on any atom is -0.448 e. The van der Waals surface area contributed by atoms with Crippen LogP contribution in [0.1, 0.15) is 5.56 Å². The lowest BCUT2D eigenvalue weighted by Crippen LogP contribution is -2.31. The lowest BCUT2D eigenvalue weighted by molar-refractivity contribution is 0.149. The first-order valence-corrected chi connectivity index (χ1v) is 4.88. The molecule has 1 atom stereocenters. The molecular formula is C10H14Cl2N2O2. The van der Waals surface area contributed by atoms with Crippen molar-refractivity contribution in [1.82, 2.24) is 0 Å². The van der Waals surface area contributed by atoms with E-state index in [1.165, 1.54) is 0 Å². The van der Waals surface area contributed by atoms with Crippen molar-refractivity contribution in [1.29, 1.82) is 0 Å². The topological polar surface area (TPSA) is 78.3 Å². The van der Waals surface area contributed by atoms with Crippen molar-refractivity contribution in [3.63, 3.8) is 0 Å². The second kappa shape index (κ2) is 7.33. The number of benzene rings is 1. The van der Waals surface area contributed by atoms with Gasteiger partial charge in [0.2, 0.25) is 0 Å². The second-order valence-electron chi connectivity index (χ2n) is 3.22. The van der Waals surface area contributed by atoms with E-state index in [2.05, 4.69) is 4.74 Å². The molecular weight excluding hydrogens is 251 g/mol. The third-order valence-corrected chi connectivity index (χ3v) is 2.06. The standard InChI is InChI=1S/C10H13ClN2O2.ClH/c11-8-3-1-2-7(4-8)5-9(12)6-15-10(13)14;/h1-4,9H,5-6,12H2,(H2,13,14);1H/t9-;/m0./s1. The van der Waals surface area contributed by atoms with E-state index in [1.807, 2.05) is 18.2 Å². The van der Waals surface area contributed by atoms with Crippen molar-refractivity contribution in [3.8, 4) is 0 Å². The fraction of sp³-hybridized carbons (Fsp3) is 0.300. The number of amides is 1. The zero-order chi connectivity index (χ0) is 11.3. The lowest BCUT2D eigenvalue weighted by Gasteiger charge is -2.11. The van der Waals surface area contributed by atoms with Gasteiger partial charge in [0, 0.05) is 11.1 Å². The van der Waals surface area contributed by atoms with Gasteiger partial charge in [-0.15, -0.1) is 12.4 Å². The molecule has 6 heteroatoms. The predicted molar refractivity (Wildman–Crippen MR) is 65.9 cm³/mol. The number of ether oxygens (including phenoxy) is 1. The molecule has 0 aliphatic carbocycles. The van der Waals surface area contributed by atoms with Gasteiger partial charge < -0.3 is 16.2 Å². The highest BCUT2D eigenvalue weighted by Gasteiger charge is 2.06. The minimum atomic E-state index is -0.809. The van der Waals surface area contributed by atoms with E-state index in [0.717, 1.165) is 5.56 Å². The van der Waals surface area contributed by atoms with Crippen LogP contribution < -0.4 is 11.5 Å². The molecule has 0 heterocycles. The maximum Gasteiger partial charge on any atom is 0.404 e. The van der Waals surface area contributed by atoms with Crippen LogP contribution in [0.3, 0.4) is 0 Å². The number of carbonyl (C=O) groups excluding carboxylic acids is 1. The number of nitrogens with two attached hydrogens (primary N) is 2. The molecule has 0 saturated carbocycles. The van der Waals surface area contributed by atoms with Gasteiger partial charge in [0.1, 0.15) is 6.61 Å². The van der Waals surface area contributed by atoms with E-state index in [4.69, 9.17) is 23.1 Å². The van der Waals surface area contributed by atoms with Gasteiger partial charge in [-0.2, -0.15) is 0 Å². The number of rotatable bonds is 4. The van der Waals surface area contributed by atoms with E-state index < -0.39 is 6.09 Å². The zero-order valence-electron chi connectivity index (χ0n) is 8.56. The van der Waals surface area contributed by atoms with Crippen LogP contribution in [0.25, 0.3) is 0 Å². The normalized spacial score (nSPS) is 11.4. The Morgan fingerprint density at radius 3 is 2.75 bits per heavy atom. The molecule has 0 spiro atoms. The molecule has 0 radical (unpaired) electrons. The summed E-state index contributed by atoms with van der Waals surface area (Å²) in [7, 11) is 0. The van der Waals surface area contributed by atoms with Crippen LogP contribution in [0.2, 0.25) is 5.02 Å². The number of carbonyl (C=O) groups is 1. The van der Waals surface area contributed by atoms with Crippen molar-refractivity contribution in [2.24, 2.45) is 11.5 Å².